The number of anilines is 1. The summed E-state index contributed by atoms with van der Waals surface area (Å²) in [5, 5.41) is 10.5. The second-order valence-corrected chi connectivity index (χ2v) is 5.55. The van der Waals surface area contributed by atoms with E-state index in [1.807, 2.05) is 16.3 Å². The van der Waals surface area contributed by atoms with Gasteiger partial charge in [0.2, 0.25) is 0 Å². The first kappa shape index (κ1) is 11.1. The second kappa shape index (κ2) is 4.25. The van der Waals surface area contributed by atoms with Crippen molar-refractivity contribution in [2.45, 2.75) is 32.9 Å². The minimum Gasteiger partial charge on any atom is -0.357 e. The first-order valence-corrected chi connectivity index (χ1v) is 6.11. The zero-order chi connectivity index (χ0) is 11.6. The van der Waals surface area contributed by atoms with Crippen LogP contribution in [0.15, 0.2) is 24.0 Å². The zero-order valence-electron chi connectivity index (χ0n) is 9.77. The Bertz CT molecular complexity index is 439. The average Bonchev–Trinajstić information content (AvgIpc) is 2.85. The molecule has 0 aliphatic rings. The number of nitrogens with zero attached hydrogens (tertiary/aromatic N) is 3. The molecule has 0 fully saturated rings. The van der Waals surface area contributed by atoms with Gasteiger partial charge in [-0.1, -0.05) is 0 Å². The molecule has 0 aromatic carbocycles. The normalized spacial score (nSPS) is 11.7. The van der Waals surface area contributed by atoms with E-state index >= 15 is 0 Å². The minimum atomic E-state index is 0.0411. The van der Waals surface area contributed by atoms with Crippen LogP contribution in [-0.4, -0.2) is 14.8 Å². The van der Waals surface area contributed by atoms with Crippen molar-refractivity contribution in [3.05, 3.63) is 29.5 Å². The molecular formula is C11H16N4S. The summed E-state index contributed by atoms with van der Waals surface area (Å²) < 4.78 is 1.98. The van der Waals surface area contributed by atoms with Gasteiger partial charge >= 0.3 is 0 Å². The van der Waals surface area contributed by atoms with Crippen molar-refractivity contribution in [1.82, 2.24) is 14.8 Å². The molecule has 0 atom stereocenters. The van der Waals surface area contributed by atoms with Gasteiger partial charge in [-0.15, -0.1) is 11.3 Å². The standard InChI is InChI=1S/C11H16N4S/c1-11(2,3)15-8-9(7-14-15)6-13-10-12-4-5-16-10/h4-5,7-8H,6H2,1-3H3,(H,12,13). The van der Waals surface area contributed by atoms with Crippen LogP contribution in [0.4, 0.5) is 5.13 Å². The topological polar surface area (TPSA) is 42.7 Å². The van der Waals surface area contributed by atoms with Crippen molar-refractivity contribution in [3.8, 4) is 0 Å². The Balaban J connectivity index is 1.98. The summed E-state index contributed by atoms with van der Waals surface area (Å²) in [4.78, 5) is 4.17. The Kier molecular flexibility index (Phi) is 2.96. The van der Waals surface area contributed by atoms with E-state index in [-0.39, 0.29) is 5.54 Å². The van der Waals surface area contributed by atoms with Gasteiger partial charge in [0, 0.05) is 29.9 Å². The average molecular weight is 236 g/mol. The fraction of sp³-hybridized carbons (Fsp3) is 0.455. The van der Waals surface area contributed by atoms with Gasteiger partial charge in [0.05, 0.1) is 11.7 Å². The maximum Gasteiger partial charge on any atom is 0.182 e. The highest BCUT2D eigenvalue weighted by atomic mass is 32.1. The molecule has 86 valence electrons. The maximum absolute atomic E-state index is 4.35. The summed E-state index contributed by atoms with van der Waals surface area (Å²) in [7, 11) is 0. The van der Waals surface area contributed by atoms with Crippen molar-refractivity contribution in [3.63, 3.8) is 0 Å². The number of hydrogen-bond donors (Lipinski definition) is 1. The number of thiazole rings is 1. The summed E-state index contributed by atoms with van der Waals surface area (Å²) >= 11 is 1.61. The molecule has 0 saturated carbocycles. The molecular weight excluding hydrogens is 220 g/mol. The molecule has 0 bridgehead atoms. The molecule has 2 aromatic rings. The molecule has 0 spiro atoms. The lowest BCUT2D eigenvalue weighted by Gasteiger charge is -2.18. The van der Waals surface area contributed by atoms with Crippen molar-refractivity contribution < 1.29 is 0 Å². The first-order chi connectivity index (χ1) is 7.55. The minimum absolute atomic E-state index is 0.0411. The van der Waals surface area contributed by atoms with Gasteiger partial charge in [-0.25, -0.2) is 4.98 Å². The molecule has 16 heavy (non-hydrogen) atoms. The molecule has 0 aliphatic heterocycles. The molecule has 1 N–H and O–H groups in total. The summed E-state index contributed by atoms with van der Waals surface area (Å²) in [5.74, 6) is 0. The molecule has 4 nitrogen and oxygen atoms in total. The van der Waals surface area contributed by atoms with E-state index in [0.29, 0.717) is 0 Å². The predicted molar refractivity (Wildman–Crippen MR) is 66.7 cm³/mol. The van der Waals surface area contributed by atoms with Gasteiger partial charge in [0.25, 0.3) is 0 Å². The Labute approximate surface area is 99.3 Å². The summed E-state index contributed by atoms with van der Waals surface area (Å²) in [6.45, 7) is 7.18. The third kappa shape index (κ3) is 2.61. The Morgan fingerprint density at radius 3 is 2.81 bits per heavy atom. The van der Waals surface area contributed by atoms with E-state index in [4.69, 9.17) is 0 Å². The number of rotatable bonds is 3. The van der Waals surface area contributed by atoms with Gasteiger partial charge in [-0.2, -0.15) is 5.10 Å². The van der Waals surface area contributed by atoms with Crippen molar-refractivity contribution >= 4 is 16.5 Å². The van der Waals surface area contributed by atoms with Crippen LogP contribution in [0.5, 0.6) is 0 Å². The lowest BCUT2D eigenvalue weighted by molar-refractivity contribution is 0.355. The summed E-state index contributed by atoms with van der Waals surface area (Å²) in [6, 6.07) is 0. The van der Waals surface area contributed by atoms with Gasteiger partial charge < -0.3 is 5.32 Å². The van der Waals surface area contributed by atoms with Gasteiger partial charge in [0.15, 0.2) is 5.13 Å². The van der Waals surface area contributed by atoms with Crippen molar-refractivity contribution in [1.29, 1.82) is 0 Å². The Morgan fingerprint density at radius 2 is 2.25 bits per heavy atom. The predicted octanol–water partition coefficient (Wildman–Crippen LogP) is 2.71. The van der Waals surface area contributed by atoms with Crippen molar-refractivity contribution in [2.75, 3.05) is 5.32 Å². The van der Waals surface area contributed by atoms with Gasteiger partial charge in [-0.3, -0.25) is 4.68 Å². The van der Waals surface area contributed by atoms with Crippen molar-refractivity contribution in [2.24, 2.45) is 0 Å². The van der Waals surface area contributed by atoms with Crippen LogP contribution in [0.2, 0.25) is 0 Å². The zero-order valence-corrected chi connectivity index (χ0v) is 10.6. The van der Waals surface area contributed by atoms with Crippen LogP contribution in [0.1, 0.15) is 26.3 Å². The molecule has 2 aromatic heterocycles. The SMILES string of the molecule is CC(C)(C)n1cc(CNc2nccs2)cn1. The molecule has 0 amide bonds. The molecule has 0 radical (unpaired) electrons. The quantitative estimate of drug-likeness (QED) is 0.891. The number of nitrogens with one attached hydrogen (secondary N) is 1. The molecule has 5 heteroatoms. The third-order valence-electron chi connectivity index (χ3n) is 2.20. The highest BCUT2D eigenvalue weighted by Gasteiger charge is 2.13. The fourth-order valence-corrected chi connectivity index (χ4v) is 1.83. The molecule has 0 aliphatic carbocycles. The monoisotopic (exact) mass is 236 g/mol. The van der Waals surface area contributed by atoms with E-state index in [9.17, 15) is 0 Å². The van der Waals surface area contributed by atoms with Crippen LogP contribution in [0, 0.1) is 0 Å². The smallest absolute Gasteiger partial charge is 0.182 e. The molecule has 2 rings (SSSR count). The second-order valence-electron chi connectivity index (χ2n) is 4.65. The highest BCUT2D eigenvalue weighted by molar-refractivity contribution is 7.13. The van der Waals surface area contributed by atoms with E-state index in [1.165, 1.54) is 5.56 Å². The summed E-state index contributed by atoms with van der Waals surface area (Å²) in [6.07, 6.45) is 5.76. The van der Waals surface area contributed by atoms with E-state index < -0.39 is 0 Å². The van der Waals surface area contributed by atoms with Gasteiger partial charge in [-0.05, 0) is 20.8 Å². The van der Waals surface area contributed by atoms with Crippen LogP contribution in [-0.2, 0) is 12.1 Å². The largest absolute Gasteiger partial charge is 0.357 e. The van der Waals surface area contributed by atoms with E-state index in [2.05, 4.69) is 42.4 Å². The maximum atomic E-state index is 4.35. The molecule has 0 unspecified atom stereocenters. The van der Waals surface area contributed by atoms with E-state index in [0.717, 1.165) is 11.7 Å². The fourth-order valence-electron chi connectivity index (χ4n) is 1.31. The Morgan fingerprint density at radius 1 is 1.44 bits per heavy atom. The number of hydrogen-bond acceptors (Lipinski definition) is 4. The Hall–Kier alpha value is -1.36. The first-order valence-electron chi connectivity index (χ1n) is 5.23. The lowest BCUT2D eigenvalue weighted by atomic mass is 10.1. The van der Waals surface area contributed by atoms with Gasteiger partial charge in [0.1, 0.15) is 0 Å². The highest BCUT2D eigenvalue weighted by Crippen LogP contribution is 2.15. The summed E-state index contributed by atoms with van der Waals surface area (Å²) in [5.41, 5.74) is 1.21. The molecule has 2 heterocycles. The number of aromatic nitrogens is 3. The lowest BCUT2D eigenvalue weighted by Crippen LogP contribution is -2.21. The van der Waals surface area contributed by atoms with Crippen LogP contribution < -0.4 is 5.32 Å². The third-order valence-corrected chi connectivity index (χ3v) is 2.93. The van der Waals surface area contributed by atoms with Crippen LogP contribution in [0.3, 0.4) is 0 Å². The molecule has 0 saturated heterocycles. The van der Waals surface area contributed by atoms with E-state index in [1.54, 1.807) is 17.5 Å². The van der Waals surface area contributed by atoms with Crippen LogP contribution in [0.25, 0.3) is 0 Å². The van der Waals surface area contributed by atoms with Crippen LogP contribution >= 0.6 is 11.3 Å².